The van der Waals surface area contributed by atoms with Crippen molar-refractivity contribution in [1.29, 1.82) is 0 Å². The van der Waals surface area contributed by atoms with Crippen molar-refractivity contribution >= 4 is 5.97 Å². The lowest BCUT2D eigenvalue weighted by atomic mass is 9.86. The summed E-state index contributed by atoms with van der Waals surface area (Å²) in [6.07, 6.45) is 1.96. The molecule has 31 heavy (non-hydrogen) atoms. The van der Waals surface area contributed by atoms with Crippen molar-refractivity contribution in [3.8, 4) is 0 Å². The fraction of sp³-hybridized carbons (Fsp3) is 0.321. The summed E-state index contributed by atoms with van der Waals surface area (Å²) in [5.74, 6) is -0.100. The highest BCUT2D eigenvalue weighted by Crippen LogP contribution is 2.45. The van der Waals surface area contributed by atoms with Gasteiger partial charge in [0.25, 0.3) is 0 Å². The Morgan fingerprint density at radius 1 is 0.903 bits per heavy atom. The predicted octanol–water partition coefficient (Wildman–Crippen LogP) is 5.99. The van der Waals surface area contributed by atoms with E-state index in [1.807, 2.05) is 12.1 Å². The lowest BCUT2D eigenvalue weighted by Crippen LogP contribution is -2.43. The van der Waals surface area contributed by atoms with Crippen molar-refractivity contribution in [1.82, 2.24) is 4.90 Å². The predicted molar refractivity (Wildman–Crippen MR) is 125 cm³/mol. The van der Waals surface area contributed by atoms with Crippen molar-refractivity contribution in [3.05, 3.63) is 108 Å². The molecule has 3 nitrogen and oxygen atoms in total. The molecule has 0 amide bonds. The van der Waals surface area contributed by atoms with Crippen LogP contribution in [-0.2, 0) is 16.1 Å². The second-order valence-corrected chi connectivity index (χ2v) is 8.46. The number of carbonyl (C=O) groups excluding carboxylic acids is 1. The number of esters is 1. The highest BCUT2D eigenvalue weighted by molar-refractivity contribution is 5.75. The van der Waals surface area contributed by atoms with Crippen LogP contribution in [0, 0.1) is 5.92 Å². The first-order valence-corrected chi connectivity index (χ1v) is 11.2. The third kappa shape index (κ3) is 4.72. The van der Waals surface area contributed by atoms with Gasteiger partial charge < -0.3 is 4.74 Å². The molecule has 3 aromatic rings. The van der Waals surface area contributed by atoms with Gasteiger partial charge in [0.1, 0.15) is 0 Å². The van der Waals surface area contributed by atoms with Crippen LogP contribution >= 0.6 is 0 Å². The van der Waals surface area contributed by atoms with E-state index in [1.54, 1.807) is 0 Å². The minimum absolute atomic E-state index is 0.102. The number of ether oxygens (including phenoxy) is 1. The number of methoxy groups -OCH3 is 1. The van der Waals surface area contributed by atoms with Crippen molar-refractivity contribution in [2.24, 2.45) is 5.92 Å². The topological polar surface area (TPSA) is 29.5 Å². The van der Waals surface area contributed by atoms with Gasteiger partial charge in [-0.2, -0.15) is 0 Å². The number of hydrogen-bond acceptors (Lipinski definition) is 3. The third-order valence-electron chi connectivity index (χ3n) is 6.74. The largest absolute Gasteiger partial charge is 0.469 e. The Hall–Kier alpha value is -2.91. The van der Waals surface area contributed by atoms with Crippen LogP contribution in [0.15, 0.2) is 91.0 Å². The maximum atomic E-state index is 13.1. The summed E-state index contributed by atoms with van der Waals surface area (Å²) in [7, 11) is 1.52. The van der Waals surface area contributed by atoms with Crippen molar-refractivity contribution in [2.45, 2.75) is 44.3 Å². The Kier molecular flexibility index (Phi) is 6.83. The molecule has 0 unspecified atom stereocenters. The summed E-state index contributed by atoms with van der Waals surface area (Å²) in [6, 6.07) is 31.9. The third-order valence-corrected chi connectivity index (χ3v) is 6.74. The molecule has 0 radical (unpaired) electrons. The van der Waals surface area contributed by atoms with Gasteiger partial charge in [-0.15, -0.1) is 0 Å². The van der Waals surface area contributed by atoms with Gasteiger partial charge in [0.15, 0.2) is 0 Å². The number of rotatable bonds is 7. The van der Waals surface area contributed by atoms with Crippen molar-refractivity contribution < 1.29 is 9.53 Å². The zero-order chi connectivity index (χ0) is 21.6. The first kappa shape index (κ1) is 21.3. The van der Waals surface area contributed by atoms with Crippen LogP contribution in [0.4, 0.5) is 0 Å². The molecule has 0 aromatic heterocycles. The average molecular weight is 414 g/mol. The van der Waals surface area contributed by atoms with Crippen molar-refractivity contribution in [3.63, 3.8) is 0 Å². The zero-order valence-electron chi connectivity index (χ0n) is 18.4. The van der Waals surface area contributed by atoms with E-state index in [9.17, 15) is 4.79 Å². The number of hydrogen-bond donors (Lipinski definition) is 0. The molecule has 1 aliphatic carbocycles. The Morgan fingerprint density at radius 2 is 1.48 bits per heavy atom. The highest BCUT2D eigenvalue weighted by atomic mass is 16.5. The van der Waals surface area contributed by atoms with Crippen LogP contribution in [0.1, 0.15) is 48.4 Å². The second-order valence-electron chi connectivity index (χ2n) is 8.46. The lowest BCUT2D eigenvalue weighted by molar-refractivity contribution is -0.148. The molecule has 1 saturated carbocycles. The first-order chi connectivity index (χ1) is 15.2. The Bertz CT molecular complexity index is 958. The molecule has 0 bridgehead atoms. The Balaban J connectivity index is 1.71. The summed E-state index contributed by atoms with van der Waals surface area (Å²) < 4.78 is 5.34. The van der Waals surface area contributed by atoms with E-state index >= 15 is 0 Å². The van der Waals surface area contributed by atoms with Gasteiger partial charge in [0.05, 0.1) is 13.0 Å². The molecule has 4 atom stereocenters. The summed E-state index contributed by atoms with van der Waals surface area (Å²) in [6.45, 7) is 3.05. The van der Waals surface area contributed by atoms with Crippen LogP contribution in [0.2, 0.25) is 0 Å². The summed E-state index contributed by atoms with van der Waals surface area (Å²) in [5.41, 5.74) is 3.76. The molecule has 3 heteroatoms. The molecule has 160 valence electrons. The van der Waals surface area contributed by atoms with Gasteiger partial charge in [-0.3, -0.25) is 9.69 Å². The number of carbonyl (C=O) groups is 1. The standard InChI is InChI=1S/C28H31NO2/c1-21(23-14-8-4-9-15-23)29(20-22-12-6-3-7-13-22)26-19-18-25(27(26)28(30)31-2)24-16-10-5-11-17-24/h3-17,21,25-27H,18-20H2,1-2H3/t21-,25-,26+,27-/m1/s1. The molecular weight excluding hydrogens is 382 g/mol. The molecule has 0 heterocycles. The van der Waals surface area contributed by atoms with E-state index < -0.39 is 0 Å². The fourth-order valence-corrected chi connectivity index (χ4v) is 5.14. The number of benzene rings is 3. The summed E-state index contributed by atoms with van der Waals surface area (Å²) in [4.78, 5) is 15.6. The van der Waals surface area contributed by atoms with Gasteiger partial charge in [0, 0.05) is 18.6 Å². The maximum absolute atomic E-state index is 13.1. The summed E-state index contributed by atoms with van der Waals surface area (Å²) >= 11 is 0. The van der Waals surface area contributed by atoms with Gasteiger partial charge >= 0.3 is 5.97 Å². The Morgan fingerprint density at radius 3 is 2.10 bits per heavy atom. The van der Waals surface area contributed by atoms with E-state index in [0.29, 0.717) is 0 Å². The van der Waals surface area contributed by atoms with Crippen LogP contribution in [0.25, 0.3) is 0 Å². The molecule has 0 saturated heterocycles. The van der Waals surface area contributed by atoms with E-state index in [-0.39, 0.29) is 29.9 Å². The fourth-order valence-electron chi connectivity index (χ4n) is 5.14. The molecule has 3 aromatic carbocycles. The molecule has 4 rings (SSSR count). The van der Waals surface area contributed by atoms with Crippen LogP contribution in [0.5, 0.6) is 0 Å². The minimum Gasteiger partial charge on any atom is -0.469 e. The van der Waals surface area contributed by atoms with Gasteiger partial charge in [-0.1, -0.05) is 91.0 Å². The van der Waals surface area contributed by atoms with E-state index in [4.69, 9.17) is 4.74 Å². The van der Waals surface area contributed by atoms with Crippen LogP contribution in [-0.4, -0.2) is 24.0 Å². The molecule has 0 aliphatic heterocycles. The average Bonchev–Trinajstić information content (AvgIpc) is 3.28. The zero-order valence-corrected chi connectivity index (χ0v) is 18.4. The quantitative estimate of drug-likeness (QED) is 0.446. The van der Waals surface area contributed by atoms with Crippen molar-refractivity contribution in [2.75, 3.05) is 7.11 Å². The molecule has 0 N–H and O–H groups in total. The maximum Gasteiger partial charge on any atom is 0.310 e. The molecule has 1 fully saturated rings. The smallest absolute Gasteiger partial charge is 0.310 e. The van der Waals surface area contributed by atoms with E-state index in [0.717, 1.165) is 19.4 Å². The first-order valence-electron chi connectivity index (χ1n) is 11.2. The monoisotopic (exact) mass is 413 g/mol. The molecule has 0 spiro atoms. The van der Waals surface area contributed by atoms with Gasteiger partial charge in [-0.05, 0) is 42.4 Å². The second kappa shape index (κ2) is 9.93. The molecular formula is C28H31NO2. The SMILES string of the molecule is COC(=O)[C@@H]1[C@@H](c2ccccc2)CC[C@@H]1N(Cc1ccccc1)[C@H](C)c1ccccc1. The highest BCUT2D eigenvalue weighted by Gasteiger charge is 2.46. The van der Waals surface area contributed by atoms with Crippen LogP contribution in [0.3, 0.4) is 0 Å². The minimum atomic E-state index is -0.178. The van der Waals surface area contributed by atoms with Crippen LogP contribution < -0.4 is 0 Å². The molecule has 1 aliphatic rings. The van der Waals surface area contributed by atoms with E-state index in [1.165, 1.54) is 23.8 Å². The van der Waals surface area contributed by atoms with E-state index in [2.05, 4.69) is 90.7 Å². The summed E-state index contributed by atoms with van der Waals surface area (Å²) in [5, 5.41) is 0. The van der Waals surface area contributed by atoms with Gasteiger partial charge in [0.2, 0.25) is 0 Å². The number of nitrogens with zero attached hydrogens (tertiary/aromatic N) is 1. The lowest BCUT2D eigenvalue weighted by Gasteiger charge is -2.38. The normalized spacial score (nSPS) is 21.7. The van der Waals surface area contributed by atoms with Gasteiger partial charge in [-0.25, -0.2) is 0 Å². The Labute approximate surface area is 185 Å².